The van der Waals surface area contributed by atoms with Crippen LogP contribution in [0.25, 0.3) is 0 Å². The largest absolute Gasteiger partial charge is 0.492 e. The number of nitro groups is 1. The highest BCUT2D eigenvalue weighted by molar-refractivity contribution is 7.15. The number of carbonyl (C=O) groups is 1. The molecule has 2 aromatic rings. The first-order chi connectivity index (χ1) is 14.9. The van der Waals surface area contributed by atoms with Crippen LogP contribution in [0.2, 0.25) is 5.02 Å². The molecule has 9 nitrogen and oxygen atoms in total. The third-order valence-electron chi connectivity index (χ3n) is 4.84. The van der Waals surface area contributed by atoms with Crippen molar-refractivity contribution in [3.8, 4) is 5.75 Å². The minimum Gasteiger partial charge on any atom is -0.492 e. The van der Waals surface area contributed by atoms with E-state index in [1.54, 1.807) is 0 Å². The van der Waals surface area contributed by atoms with Crippen molar-refractivity contribution in [3.63, 3.8) is 0 Å². The molecular weight excluding hydrogens is 442 g/mol. The van der Waals surface area contributed by atoms with E-state index in [1.807, 2.05) is 0 Å². The van der Waals surface area contributed by atoms with Gasteiger partial charge in [0, 0.05) is 5.92 Å². The Bertz CT molecular complexity index is 888. The molecule has 2 rings (SSSR count). The van der Waals surface area contributed by atoms with E-state index in [4.69, 9.17) is 22.1 Å². The summed E-state index contributed by atoms with van der Waals surface area (Å²) in [6.45, 7) is 5.14. The molecule has 3 N–H and O–H groups in total. The summed E-state index contributed by atoms with van der Waals surface area (Å²) < 4.78 is 5.60. The van der Waals surface area contributed by atoms with Gasteiger partial charge in [0.2, 0.25) is 5.13 Å². The van der Waals surface area contributed by atoms with Gasteiger partial charge >= 0.3 is 0 Å². The number of carbonyl (C=O) groups excluding carboxylic acids is 1. The van der Waals surface area contributed by atoms with Crippen LogP contribution in [0.3, 0.4) is 0 Å². The Kier molecular flexibility index (Phi) is 10.1. The molecule has 0 atom stereocenters. The van der Waals surface area contributed by atoms with Gasteiger partial charge in [-0.1, -0.05) is 49.6 Å². The first-order valence-electron chi connectivity index (χ1n) is 10.4. The number of anilines is 1. The van der Waals surface area contributed by atoms with Crippen molar-refractivity contribution < 1.29 is 14.5 Å². The lowest BCUT2D eigenvalue weighted by Crippen LogP contribution is -2.14. The summed E-state index contributed by atoms with van der Waals surface area (Å²) in [5, 5.41) is 23.5. The number of benzene rings is 1. The molecule has 0 aliphatic rings. The maximum absolute atomic E-state index is 12.7. The molecule has 1 amide bonds. The molecule has 0 unspecified atom stereocenters. The zero-order valence-electron chi connectivity index (χ0n) is 17.7. The predicted octanol–water partition coefficient (Wildman–Crippen LogP) is 5.15. The molecule has 0 saturated heterocycles. The number of hydrogen-bond donors (Lipinski definition) is 2. The molecule has 1 aromatic carbocycles. The molecule has 11 heteroatoms. The summed E-state index contributed by atoms with van der Waals surface area (Å²) in [5.74, 6) is -0.233. The van der Waals surface area contributed by atoms with Gasteiger partial charge in [0.25, 0.3) is 11.6 Å². The summed E-state index contributed by atoms with van der Waals surface area (Å²) in [6, 6.07) is 2.44. The lowest BCUT2D eigenvalue weighted by molar-refractivity contribution is -0.385. The Morgan fingerprint density at radius 2 is 1.97 bits per heavy atom. The minimum absolute atomic E-state index is 0.132. The van der Waals surface area contributed by atoms with Gasteiger partial charge in [0.15, 0.2) is 0 Å². The number of nitrogens with two attached hydrogens (primary N) is 1. The number of rotatable bonds is 13. The number of nitrogens with zero attached hydrogens (tertiary/aromatic N) is 3. The van der Waals surface area contributed by atoms with Gasteiger partial charge in [-0.3, -0.25) is 20.2 Å². The Hall–Kier alpha value is -2.30. The van der Waals surface area contributed by atoms with Gasteiger partial charge in [-0.15, -0.1) is 10.2 Å². The van der Waals surface area contributed by atoms with Gasteiger partial charge in [0.05, 0.1) is 22.6 Å². The zero-order chi connectivity index (χ0) is 22.8. The van der Waals surface area contributed by atoms with E-state index in [9.17, 15) is 14.9 Å². The van der Waals surface area contributed by atoms with Crippen molar-refractivity contribution >= 4 is 39.7 Å². The van der Waals surface area contributed by atoms with Crippen LogP contribution >= 0.6 is 22.9 Å². The first kappa shape index (κ1) is 25.0. The molecule has 0 aliphatic heterocycles. The molecule has 0 spiro atoms. The zero-order valence-corrected chi connectivity index (χ0v) is 19.3. The highest BCUT2D eigenvalue weighted by Crippen LogP contribution is 2.34. The van der Waals surface area contributed by atoms with Crippen molar-refractivity contribution in [2.75, 3.05) is 18.5 Å². The number of hydrogen-bond acceptors (Lipinski definition) is 8. The van der Waals surface area contributed by atoms with E-state index in [-0.39, 0.29) is 33.1 Å². The predicted molar refractivity (Wildman–Crippen MR) is 122 cm³/mol. The molecule has 0 fully saturated rings. The summed E-state index contributed by atoms with van der Waals surface area (Å²) in [7, 11) is 0. The Labute approximate surface area is 190 Å². The fraction of sp³-hybridized carbons (Fsp3) is 0.550. The fourth-order valence-electron chi connectivity index (χ4n) is 3.02. The number of ether oxygens (including phenoxy) is 1. The second-order valence-electron chi connectivity index (χ2n) is 7.02. The number of halogens is 1. The number of unbranched alkanes of at least 4 members (excludes halogenated alkanes) is 3. The summed E-state index contributed by atoms with van der Waals surface area (Å²) in [6.07, 6.45) is 5.49. The smallest absolute Gasteiger partial charge is 0.285 e. The Morgan fingerprint density at radius 1 is 1.26 bits per heavy atom. The number of amides is 1. The van der Waals surface area contributed by atoms with Gasteiger partial charge in [-0.05, 0) is 38.3 Å². The maximum Gasteiger partial charge on any atom is 0.285 e. The summed E-state index contributed by atoms with van der Waals surface area (Å²) >= 11 is 7.49. The van der Waals surface area contributed by atoms with Crippen molar-refractivity contribution in [1.82, 2.24) is 10.2 Å². The molecule has 0 aliphatic carbocycles. The summed E-state index contributed by atoms with van der Waals surface area (Å²) in [5.41, 5.74) is 4.91. The second kappa shape index (κ2) is 12.5. The highest BCUT2D eigenvalue weighted by Gasteiger charge is 2.25. The SMILES string of the molecule is CCC(CC)c1nnc(NC(=O)c2cc(Cl)c(OCCCCCCN)cc2[N+](=O)[O-])s1. The molecule has 1 aromatic heterocycles. The number of nitro benzene ring substituents is 1. The van der Waals surface area contributed by atoms with E-state index >= 15 is 0 Å². The topological polar surface area (TPSA) is 133 Å². The molecule has 1 heterocycles. The van der Waals surface area contributed by atoms with Crippen molar-refractivity contribution in [2.24, 2.45) is 5.73 Å². The lowest BCUT2D eigenvalue weighted by Gasteiger charge is -2.10. The number of nitrogens with one attached hydrogen (secondary N) is 1. The molecule has 0 radical (unpaired) electrons. The van der Waals surface area contributed by atoms with Crippen LogP contribution in [0, 0.1) is 10.1 Å². The van der Waals surface area contributed by atoms with Crippen LogP contribution in [0.5, 0.6) is 5.75 Å². The van der Waals surface area contributed by atoms with Gasteiger partial charge in [-0.2, -0.15) is 0 Å². The molecule has 0 bridgehead atoms. The van der Waals surface area contributed by atoms with Crippen LogP contribution in [-0.2, 0) is 0 Å². The Morgan fingerprint density at radius 3 is 2.61 bits per heavy atom. The van der Waals surface area contributed by atoms with Gasteiger partial charge < -0.3 is 10.5 Å². The monoisotopic (exact) mass is 469 g/mol. The van der Waals surface area contributed by atoms with Gasteiger partial charge in [-0.25, -0.2) is 0 Å². The second-order valence-corrected chi connectivity index (χ2v) is 8.44. The maximum atomic E-state index is 12.7. The van der Waals surface area contributed by atoms with Crippen LogP contribution in [0.15, 0.2) is 12.1 Å². The third kappa shape index (κ3) is 7.12. The normalized spacial score (nSPS) is 11.0. The fourth-order valence-corrected chi connectivity index (χ4v) is 4.24. The molecule has 31 heavy (non-hydrogen) atoms. The minimum atomic E-state index is -0.672. The molecule has 170 valence electrons. The van der Waals surface area contributed by atoms with Crippen molar-refractivity contribution in [3.05, 3.63) is 37.8 Å². The standard InChI is InChI=1S/C20H28ClN5O4S/c1-3-13(4-2)19-24-25-20(31-19)23-18(27)14-11-15(21)17(12-16(14)26(28)29)30-10-8-6-5-7-9-22/h11-13H,3-10,22H2,1-2H3,(H,23,25,27). The van der Waals surface area contributed by atoms with Crippen LogP contribution in [-0.4, -0.2) is 34.2 Å². The van der Waals surface area contributed by atoms with Crippen LogP contribution < -0.4 is 15.8 Å². The quantitative estimate of drug-likeness (QED) is 0.235. The van der Waals surface area contributed by atoms with Crippen molar-refractivity contribution in [1.29, 1.82) is 0 Å². The average molecular weight is 470 g/mol. The number of aromatic nitrogens is 2. The highest BCUT2D eigenvalue weighted by atomic mass is 35.5. The Balaban J connectivity index is 2.11. The van der Waals surface area contributed by atoms with E-state index in [1.165, 1.54) is 23.5 Å². The molecular formula is C20H28ClN5O4S. The lowest BCUT2D eigenvalue weighted by atomic mass is 10.1. The first-order valence-corrected chi connectivity index (χ1v) is 11.6. The summed E-state index contributed by atoms with van der Waals surface area (Å²) in [4.78, 5) is 23.6. The van der Waals surface area contributed by atoms with E-state index in [0.29, 0.717) is 13.2 Å². The van der Waals surface area contributed by atoms with Crippen molar-refractivity contribution in [2.45, 2.75) is 58.3 Å². The van der Waals surface area contributed by atoms with E-state index in [0.717, 1.165) is 43.5 Å². The molecule has 0 saturated carbocycles. The van der Waals surface area contributed by atoms with E-state index in [2.05, 4.69) is 29.4 Å². The van der Waals surface area contributed by atoms with Gasteiger partial charge in [0.1, 0.15) is 16.3 Å². The average Bonchev–Trinajstić information content (AvgIpc) is 3.20. The van der Waals surface area contributed by atoms with Crippen LogP contribution in [0.1, 0.15) is 73.7 Å². The van der Waals surface area contributed by atoms with Crippen LogP contribution in [0.4, 0.5) is 10.8 Å². The van der Waals surface area contributed by atoms with E-state index < -0.39 is 10.8 Å². The third-order valence-corrected chi connectivity index (χ3v) is 6.14.